The van der Waals surface area contributed by atoms with Crippen molar-refractivity contribution in [2.45, 2.75) is 18.8 Å². The van der Waals surface area contributed by atoms with Crippen LogP contribution >= 0.6 is 0 Å². The van der Waals surface area contributed by atoms with Crippen LogP contribution in [0.25, 0.3) is 0 Å². The molecule has 0 bridgehead atoms. The van der Waals surface area contributed by atoms with Crippen LogP contribution in [0.15, 0.2) is 24.5 Å². The van der Waals surface area contributed by atoms with E-state index in [4.69, 9.17) is 6.85 Å². The molecule has 1 fully saturated rings. The first kappa shape index (κ1) is 3.88. The van der Waals surface area contributed by atoms with Gasteiger partial charge in [0.05, 0.1) is 1.37 Å². The Morgan fingerprint density at radius 2 is 2.75 bits per heavy atom. The molecule has 0 radical (unpaired) electrons. The summed E-state index contributed by atoms with van der Waals surface area (Å²) >= 11 is 0. The molecule has 2 nitrogen and oxygen atoms in total. The van der Waals surface area contributed by atoms with Crippen LogP contribution in [0.5, 0.6) is 0 Å². The van der Waals surface area contributed by atoms with Crippen LogP contribution in [-0.4, -0.2) is 23.5 Å². The normalized spacial score (nSPS) is 45.2. The van der Waals surface area contributed by atoms with E-state index in [2.05, 4.69) is 4.98 Å². The summed E-state index contributed by atoms with van der Waals surface area (Å²) < 4.78 is 39.7. The lowest BCUT2D eigenvalue weighted by atomic mass is 10.1. The number of hydrogen-bond acceptors (Lipinski definition) is 2. The molecule has 0 amide bonds. The number of aromatic nitrogens is 1. The Bertz CT molecular complexity index is 422. The molecule has 0 spiro atoms. The van der Waals surface area contributed by atoms with Crippen molar-refractivity contribution in [3.63, 3.8) is 0 Å². The van der Waals surface area contributed by atoms with Gasteiger partial charge in [0.1, 0.15) is 0 Å². The summed E-state index contributed by atoms with van der Waals surface area (Å²) in [5.74, 6) is 0. The molecule has 1 aliphatic rings. The van der Waals surface area contributed by atoms with Crippen LogP contribution < -0.4 is 0 Å². The van der Waals surface area contributed by atoms with Gasteiger partial charge in [0, 0.05) is 23.9 Å². The second kappa shape index (κ2) is 3.23. The van der Waals surface area contributed by atoms with Gasteiger partial charge < -0.3 is 0 Å². The molecule has 0 aliphatic carbocycles. The van der Waals surface area contributed by atoms with Crippen molar-refractivity contribution in [2.75, 3.05) is 13.6 Å². The third-order valence-corrected chi connectivity index (χ3v) is 1.84. The molecule has 0 aromatic carbocycles. The zero-order chi connectivity index (χ0) is 12.9. The SMILES string of the molecule is [2H]C1([2H])CN(C)[C@]([2H])(c2cccnc2)C1([2H])[2H]. The minimum absolute atomic E-state index is 0.113. The highest BCUT2D eigenvalue weighted by molar-refractivity contribution is 5.14. The maximum absolute atomic E-state index is 8.36. The lowest BCUT2D eigenvalue weighted by molar-refractivity contribution is 0.317. The molecule has 2 heteroatoms. The molecule has 1 atom stereocenters. The summed E-state index contributed by atoms with van der Waals surface area (Å²) in [7, 11) is 1.56. The maximum atomic E-state index is 8.36. The minimum Gasteiger partial charge on any atom is -0.299 e. The molecule has 12 heavy (non-hydrogen) atoms. The number of pyridine rings is 1. The first-order valence-corrected chi connectivity index (χ1v) is 3.85. The van der Waals surface area contributed by atoms with Crippen molar-refractivity contribution in [1.82, 2.24) is 9.88 Å². The average Bonchev–Trinajstić information content (AvgIpc) is 2.38. The Morgan fingerprint density at radius 1 is 1.83 bits per heavy atom. The van der Waals surface area contributed by atoms with Gasteiger partial charge >= 0.3 is 0 Å². The maximum Gasteiger partial charge on any atom is 0.0519 e. The van der Waals surface area contributed by atoms with E-state index in [1.54, 1.807) is 25.4 Å². The summed E-state index contributed by atoms with van der Waals surface area (Å²) in [4.78, 5) is 5.28. The molecule has 1 aromatic heterocycles. The molecular weight excluding hydrogens is 148 g/mol. The molecule has 1 saturated heterocycles. The first-order valence-electron chi connectivity index (χ1n) is 6.35. The standard InChI is InChI=1S/C10H14N2/c1-12-7-3-5-10(12)9-4-2-6-11-8-9/h2,4,6,8,10H,3,5,7H2,1H3/t10-/m0/s1/i3D2,5D2,10D. The molecular formula is C10H14N2. The Balaban J connectivity index is 2.58. The van der Waals surface area contributed by atoms with E-state index < -0.39 is 18.8 Å². The second-order valence-electron chi connectivity index (χ2n) is 2.75. The largest absolute Gasteiger partial charge is 0.299 e. The third-order valence-electron chi connectivity index (χ3n) is 1.84. The van der Waals surface area contributed by atoms with Gasteiger partial charge in [-0.3, -0.25) is 9.88 Å². The summed E-state index contributed by atoms with van der Waals surface area (Å²) in [6.07, 6.45) is -1.38. The van der Waals surface area contributed by atoms with Gasteiger partial charge in [0.15, 0.2) is 0 Å². The smallest absolute Gasteiger partial charge is 0.0519 e. The predicted molar refractivity (Wildman–Crippen MR) is 48.8 cm³/mol. The van der Waals surface area contributed by atoms with E-state index in [0.29, 0.717) is 5.56 Å². The van der Waals surface area contributed by atoms with Crippen molar-refractivity contribution in [2.24, 2.45) is 0 Å². The van der Waals surface area contributed by atoms with Crippen LogP contribution in [0.1, 0.15) is 31.2 Å². The van der Waals surface area contributed by atoms with Gasteiger partial charge in [-0.05, 0) is 38.0 Å². The molecule has 0 N–H and O–H groups in total. The molecule has 2 rings (SSSR count). The highest BCUT2D eigenvalue weighted by Crippen LogP contribution is 2.29. The lowest BCUT2D eigenvalue weighted by Crippen LogP contribution is -2.17. The van der Waals surface area contributed by atoms with E-state index in [0.717, 1.165) is 0 Å². The molecule has 64 valence electrons. The van der Waals surface area contributed by atoms with E-state index in [-0.39, 0.29) is 6.54 Å². The van der Waals surface area contributed by atoms with Crippen LogP contribution in [0.4, 0.5) is 0 Å². The van der Waals surface area contributed by atoms with E-state index >= 15 is 0 Å². The molecule has 1 aliphatic heterocycles. The fourth-order valence-corrected chi connectivity index (χ4v) is 1.21. The Labute approximate surface area is 80.3 Å². The van der Waals surface area contributed by atoms with Crippen molar-refractivity contribution in [3.05, 3.63) is 30.1 Å². The first-order chi connectivity index (χ1) is 7.73. The fraction of sp³-hybridized carbons (Fsp3) is 0.500. The number of rotatable bonds is 1. The quantitative estimate of drug-likeness (QED) is 0.634. The second-order valence-corrected chi connectivity index (χ2v) is 2.75. The topological polar surface area (TPSA) is 16.1 Å². The highest BCUT2D eigenvalue weighted by Gasteiger charge is 2.21. The Kier molecular flexibility index (Phi) is 1.05. The third kappa shape index (κ3) is 1.34. The molecule has 0 saturated carbocycles. The summed E-state index contributed by atoms with van der Waals surface area (Å²) in [6, 6.07) is 1.49. The van der Waals surface area contributed by atoms with Crippen molar-refractivity contribution in [3.8, 4) is 0 Å². The Hall–Kier alpha value is -0.890. The average molecular weight is 167 g/mol. The lowest BCUT2D eigenvalue weighted by Gasteiger charge is -2.18. The van der Waals surface area contributed by atoms with Crippen molar-refractivity contribution >= 4 is 0 Å². The Morgan fingerprint density at radius 3 is 3.33 bits per heavy atom. The van der Waals surface area contributed by atoms with E-state index in [1.165, 1.54) is 11.1 Å². The van der Waals surface area contributed by atoms with Gasteiger partial charge in [0.25, 0.3) is 0 Å². The summed E-state index contributed by atoms with van der Waals surface area (Å²) in [6.45, 7) is -0.113. The molecule has 1 aromatic rings. The predicted octanol–water partition coefficient (Wildman–Crippen LogP) is 1.85. The summed E-state index contributed by atoms with van der Waals surface area (Å²) in [5.41, 5.74) is 0.369. The van der Waals surface area contributed by atoms with Gasteiger partial charge in [-0.2, -0.15) is 0 Å². The van der Waals surface area contributed by atoms with Crippen molar-refractivity contribution < 1.29 is 6.85 Å². The van der Waals surface area contributed by atoms with Crippen LogP contribution in [0.3, 0.4) is 0 Å². The zero-order valence-electron chi connectivity index (χ0n) is 11.9. The molecule has 2 heterocycles. The van der Waals surface area contributed by atoms with E-state index in [1.807, 2.05) is 0 Å². The monoisotopic (exact) mass is 167 g/mol. The van der Waals surface area contributed by atoms with Crippen LogP contribution in [-0.2, 0) is 0 Å². The van der Waals surface area contributed by atoms with Gasteiger partial charge in [-0.25, -0.2) is 0 Å². The van der Waals surface area contributed by atoms with E-state index in [9.17, 15) is 0 Å². The molecule has 0 unspecified atom stereocenters. The zero-order valence-corrected chi connectivity index (χ0v) is 6.91. The number of nitrogens with zero attached hydrogens (tertiary/aromatic N) is 2. The van der Waals surface area contributed by atoms with Crippen LogP contribution in [0.2, 0.25) is 0 Å². The van der Waals surface area contributed by atoms with Gasteiger partial charge in [0.2, 0.25) is 0 Å². The summed E-state index contributed by atoms with van der Waals surface area (Å²) in [5, 5.41) is 0. The van der Waals surface area contributed by atoms with Crippen molar-refractivity contribution in [1.29, 1.82) is 0 Å². The highest BCUT2D eigenvalue weighted by atomic mass is 15.1. The minimum atomic E-state index is -2.29. The van der Waals surface area contributed by atoms with Gasteiger partial charge in [-0.15, -0.1) is 0 Å². The fourth-order valence-electron chi connectivity index (χ4n) is 1.21. The van der Waals surface area contributed by atoms with Gasteiger partial charge in [-0.1, -0.05) is 6.07 Å². The number of likely N-dealkylation sites (tertiary alicyclic amines) is 1. The van der Waals surface area contributed by atoms with Crippen LogP contribution in [0, 0.1) is 0 Å². The number of hydrogen-bond donors (Lipinski definition) is 0.